The molecule has 11 rings (SSSR count). The van der Waals surface area contributed by atoms with Crippen molar-refractivity contribution in [1.29, 1.82) is 0 Å². The first kappa shape index (κ1) is 36.7. The van der Waals surface area contributed by atoms with Crippen LogP contribution in [0, 0.1) is 0 Å². The zero-order chi connectivity index (χ0) is 41.2. The molecule has 290 valence electrons. The molecule has 4 nitrogen and oxygen atoms in total. The van der Waals surface area contributed by atoms with E-state index in [1.54, 1.807) is 0 Å². The standard InChI is InChI=1S/C58H38N4/c1-5-13-39(14-6-1)40-21-29-47(30-22-40)55-38-54(45-19-11-4-12-20-45)61-58(62-55)49-31-25-42(26-32-49)41-23-27-46(28-24-41)53-37-51(43-15-7-2-8-16-43)50-35-33-48-34-36-52(44-17-9-3-10-18-44)59-56(48)57(50)60-53/h1-38H. The van der Waals surface area contributed by atoms with Gasteiger partial charge in [-0.15, -0.1) is 0 Å². The molecule has 3 aromatic heterocycles. The summed E-state index contributed by atoms with van der Waals surface area (Å²) in [5, 5.41) is 2.14. The van der Waals surface area contributed by atoms with Gasteiger partial charge in [-0.25, -0.2) is 19.9 Å². The lowest BCUT2D eigenvalue weighted by molar-refractivity contribution is 1.18. The lowest BCUT2D eigenvalue weighted by Crippen LogP contribution is -1.96. The quantitative estimate of drug-likeness (QED) is 0.144. The number of hydrogen-bond donors (Lipinski definition) is 0. The Balaban J connectivity index is 0.936. The molecule has 3 heterocycles. The van der Waals surface area contributed by atoms with E-state index in [4.69, 9.17) is 19.9 Å². The molecular weight excluding hydrogens is 753 g/mol. The largest absolute Gasteiger partial charge is 0.245 e. The number of rotatable bonds is 8. The summed E-state index contributed by atoms with van der Waals surface area (Å²) in [6, 6.07) is 80.4. The first-order chi connectivity index (χ1) is 30.7. The van der Waals surface area contributed by atoms with Crippen LogP contribution in [0.25, 0.3) is 112 Å². The van der Waals surface area contributed by atoms with Gasteiger partial charge in [-0.2, -0.15) is 0 Å². The van der Waals surface area contributed by atoms with Gasteiger partial charge in [-0.3, -0.25) is 0 Å². The molecule has 0 fully saturated rings. The Hall–Kier alpha value is -8.34. The topological polar surface area (TPSA) is 51.6 Å². The molecule has 0 saturated carbocycles. The number of pyridine rings is 2. The van der Waals surface area contributed by atoms with Crippen LogP contribution in [0.1, 0.15) is 0 Å². The van der Waals surface area contributed by atoms with Crippen molar-refractivity contribution in [2.75, 3.05) is 0 Å². The molecule has 0 spiro atoms. The number of aromatic nitrogens is 4. The fourth-order valence-electron chi connectivity index (χ4n) is 8.24. The van der Waals surface area contributed by atoms with Crippen LogP contribution in [-0.4, -0.2) is 19.9 Å². The molecule has 0 bridgehead atoms. The summed E-state index contributed by atoms with van der Waals surface area (Å²) in [6.07, 6.45) is 0. The highest BCUT2D eigenvalue weighted by molar-refractivity contribution is 6.09. The minimum Gasteiger partial charge on any atom is -0.245 e. The summed E-state index contributed by atoms with van der Waals surface area (Å²) >= 11 is 0. The van der Waals surface area contributed by atoms with Crippen LogP contribution >= 0.6 is 0 Å². The maximum Gasteiger partial charge on any atom is 0.160 e. The summed E-state index contributed by atoms with van der Waals surface area (Å²) in [6.45, 7) is 0. The highest BCUT2D eigenvalue weighted by Gasteiger charge is 2.15. The zero-order valence-corrected chi connectivity index (χ0v) is 33.7. The Bertz CT molecular complexity index is 3330. The highest BCUT2D eigenvalue weighted by atomic mass is 14.9. The van der Waals surface area contributed by atoms with Crippen molar-refractivity contribution in [3.8, 4) is 89.8 Å². The van der Waals surface area contributed by atoms with Gasteiger partial charge < -0.3 is 0 Å². The number of benzene rings is 8. The predicted octanol–water partition coefficient (Wildman–Crippen LogP) is 14.9. The number of hydrogen-bond acceptors (Lipinski definition) is 4. The van der Waals surface area contributed by atoms with Crippen molar-refractivity contribution < 1.29 is 0 Å². The average Bonchev–Trinajstić information content (AvgIpc) is 3.37. The van der Waals surface area contributed by atoms with Gasteiger partial charge in [0.15, 0.2) is 5.82 Å². The molecule has 0 aliphatic carbocycles. The third kappa shape index (κ3) is 7.20. The molecule has 0 aliphatic heterocycles. The normalized spacial score (nSPS) is 11.2. The molecule has 11 aromatic rings. The summed E-state index contributed by atoms with van der Waals surface area (Å²) in [5.41, 5.74) is 17.4. The van der Waals surface area contributed by atoms with Gasteiger partial charge in [0.05, 0.1) is 33.8 Å². The maximum absolute atomic E-state index is 5.34. The van der Waals surface area contributed by atoms with Crippen LogP contribution in [0.4, 0.5) is 0 Å². The van der Waals surface area contributed by atoms with E-state index in [2.05, 4.69) is 188 Å². The molecule has 0 amide bonds. The summed E-state index contributed by atoms with van der Waals surface area (Å²) in [5.74, 6) is 0.685. The molecule has 0 N–H and O–H groups in total. The fourth-order valence-corrected chi connectivity index (χ4v) is 8.24. The third-order valence-electron chi connectivity index (χ3n) is 11.5. The van der Waals surface area contributed by atoms with E-state index in [0.29, 0.717) is 5.82 Å². The molecule has 0 unspecified atom stereocenters. The minimum atomic E-state index is 0.685. The summed E-state index contributed by atoms with van der Waals surface area (Å²) < 4.78 is 0. The van der Waals surface area contributed by atoms with Crippen LogP contribution < -0.4 is 0 Å². The van der Waals surface area contributed by atoms with Crippen molar-refractivity contribution >= 4 is 21.8 Å². The van der Waals surface area contributed by atoms with E-state index in [-0.39, 0.29) is 0 Å². The lowest BCUT2D eigenvalue weighted by Gasteiger charge is -2.13. The van der Waals surface area contributed by atoms with Gasteiger partial charge in [-0.05, 0) is 51.6 Å². The predicted molar refractivity (Wildman–Crippen MR) is 256 cm³/mol. The van der Waals surface area contributed by atoms with Crippen LogP contribution in [0.3, 0.4) is 0 Å². The van der Waals surface area contributed by atoms with Crippen molar-refractivity contribution in [3.05, 3.63) is 231 Å². The second kappa shape index (κ2) is 16.0. The van der Waals surface area contributed by atoms with Crippen LogP contribution in [0.15, 0.2) is 231 Å². The zero-order valence-electron chi connectivity index (χ0n) is 33.7. The van der Waals surface area contributed by atoms with Crippen molar-refractivity contribution in [3.63, 3.8) is 0 Å². The van der Waals surface area contributed by atoms with Gasteiger partial charge in [0.1, 0.15) is 0 Å². The Morgan fingerprint density at radius 2 is 0.597 bits per heavy atom. The SMILES string of the molecule is c1ccc(-c2ccc(-c3cc(-c4ccccc4)nc(-c4ccc(-c5ccc(-c6cc(-c7ccccc7)c7ccc8ccc(-c9ccccc9)nc8c7n6)cc5)cc4)n3)cc2)cc1. The van der Waals surface area contributed by atoms with Gasteiger partial charge in [0, 0.05) is 38.6 Å². The Labute approximate surface area is 360 Å². The molecular formula is C58H38N4. The van der Waals surface area contributed by atoms with E-state index in [0.717, 1.165) is 94.7 Å². The van der Waals surface area contributed by atoms with E-state index in [9.17, 15) is 0 Å². The van der Waals surface area contributed by atoms with Crippen molar-refractivity contribution in [2.45, 2.75) is 0 Å². The molecule has 4 heteroatoms. The third-order valence-corrected chi connectivity index (χ3v) is 11.5. The highest BCUT2D eigenvalue weighted by Crippen LogP contribution is 2.37. The minimum absolute atomic E-state index is 0.685. The first-order valence-electron chi connectivity index (χ1n) is 20.9. The van der Waals surface area contributed by atoms with E-state index in [1.807, 2.05) is 42.5 Å². The number of nitrogens with zero attached hydrogens (tertiary/aromatic N) is 4. The monoisotopic (exact) mass is 790 g/mol. The average molecular weight is 791 g/mol. The lowest BCUT2D eigenvalue weighted by atomic mass is 9.96. The van der Waals surface area contributed by atoms with Gasteiger partial charge >= 0.3 is 0 Å². The van der Waals surface area contributed by atoms with Crippen LogP contribution in [0.2, 0.25) is 0 Å². The Morgan fingerprint density at radius 3 is 1.13 bits per heavy atom. The molecule has 8 aromatic carbocycles. The van der Waals surface area contributed by atoms with Crippen LogP contribution in [-0.2, 0) is 0 Å². The van der Waals surface area contributed by atoms with Gasteiger partial charge in [-0.1, -0.05) is 212 Å². The summed E-state index contributed by atoms with van der Waals surface area (Å²) in [7, 11) is 0. The Morgan fingerprint density at radius 1 is 0.226 bits per heavy atom. The molecule has 0 aliphatic rings. The summed E-state index contributed by atoms with van der Waals surface area (Å²) in [4.78, 5) is 20.7. The van der Waals surface area contributed by atoms with E-state index in [1.165, 1.54) is 11.1 Å². The van der Waals surface area contributed by atoms with Crippen molar-refractivity contribution in [2.24, 2.45) is 0 Å². The molecule has 0 radical (unpaired) electrons. The maximum atomic E-state index is 5.34. The van der Waals surface area contributed by atoms with Gasteiger partial charge in [0.2, 0.25) is 0 Å². The smallest absolute Gasteiger partial charge is 0.160 e. The Kier molecular flexibility index (Phi) is 9.49. The van der Waals surface area contributed by atoms with Crippen molar-refractivity contribution in [1.82, 2.24) is 19.9 Å². The number of fused-ring (bicyclic) bond motifs is 3. The van der Waals surface area contributed by atoms with E-state index >= 15 is 0 Å². The molecule has 0 saturated heterocycles. The van der Waals surface area contributed by atoms with Gasteiger partial charge in [0.25, 0.3) is 0 Å². The van der Waals surface area contributed by atoms with E-state index < -0.39 is 0 Å². The second-order valence-electron chi connectivity index (χ2n) is 15.4. The molecule has 0 atom stereocenters. The van der Waals surface area contributed by atoms with Crippen LogP contribution in [0.5, 0.6) is 0 Å². The molecule has 62 heavy (non-hydrogen) atoms. The first-order valence-corrected chi connectivity index (χ1v) is 20.9. The second-order valence-corrected chi connectivity index (χ2v) is 15.4. The fraction of sp³-hybridized carbons (Fsp3) is 0.